The molecule has 496 valence electrons. The van der Waals surface area contributed by atoms with Crippen molar-refractivity contribution in [2.75, 3.05) is 66.7 Å². The Bertz CT molecular complexity index is 2910. The first-order valence-electron chi connectivity index (χ1n) is 27.4. The maximum Gasteiger partial charge on any atom is 0.416 e. The third kappa shape index (κ3) is 19.9. The highest BCUT2D eigenvalue weighted by molar-refractivity contribution is 5.77. The van der Waals surface area contributed by atoms with Crippen molar-refractivity contribution in [2.45, 2.75) is 114 Å². The lowest BCUT2D eigenvalue weighted by Gasteiger charge is -2.42. The predicted octanol–water partition coefficient (Wildman–Crippen LogP) is 11.5. The van der Waals surface area contributed by atoms with E-state index in [1.165, 1.54) is 47.9 Å². The van der Waals surface area contributed by atoms with Crippen molar-refractivity contribution >= 4 is 36.2 Å². The first kappa shape index (κ1) is 72.6. The summed E-state index contributed by atoms with van der Waals surface area (Å²) in [4.78, 5) is 78.3. The minimum Gasteiger partial charge on any atom is -0.464 e. The number of likely N-dealkylation sites (N-methyl/N-ethyl adjacent to an activating group) is 2. The number of nitrogens with zero attached hydrogens (tertiary/aromatic N) is 4. The SMILES string of the molecule is CC(=O)OCCNC(=O)O[C@H]1CCN(C(=O)N(C)[C@@H](CO)c2cc(C(F)(F)F)cc(C(F)(F)F)c2)[C@@H](c2ccc(F)cc2C)C1.CC(=O)OCCNC(=O)O[C@H]1CCN(C(=O)N(C)[C@H](CO)c2cc(C(F)(F)F)cc(C(F)(F)F)c2)[C@@H](c2ccc(F)cc2C)C1. The molecule has 2 fully saturated rings. The number of halogens is 14. The zero-order chi connectivity index (χ0) is 67.4. The van der Waals surface area contributed by atoms with Gasteiger partial charge in [0.05, 0.1) is 72.7 Å². The van der Waals surface area contributed by atoms with Crippen molar-refractivity contribution in [1.29, 1.82) is 0 Å². The highest BCUT2D eigenvalue weighted by atomic mass is 19.4. The van der Waals surface area contributed by atoms with Crippen LogP contribution in [-0.2, 0) is 53.2 Å². The fraction of sp³-hybridized carbons (Fsp3) is 0.483. The number of nitrogens with one attached hydrogen (secondary N) is 2. The zero-order valence-corrected chi connectivity index (χ0v) is 48.9. The van der Waals surface area contributed by atoms with Gasteiger partial charge in [-0.3, -0.25) is 9.59 Å². The number of alkyl carbamates (subject to hydrolysis) is 2. The number of carbonyl (C=O) groups is 6. The van der Waals surface area contributed by atoms with E-state index < -0.39 is 155 Å². The van der Waals surface area contributed by atoms with Gasteiger partial charge in [0.2, 0.25) is 0 Å². The molecule has 0 unspecified atom stereocenters. The van der Waals surface area contributed by atoms with E-state index in [4.69, 9.17) is 18.9 Å². The van der Waals surface area contributed by atoms with E-state index in [1.54, 1.807) is 13.8 Å². The summed E-state index contributed by atoms with van der Waals surface area (Å²) in [7, 11) is 2.26. The van der Waals surface area contributed by atoms with Gasteiger partial charge < -0.3 is 59.4 Å². The van der Waals surface area contributed by atoms with Crippen LogP contribution < -0.4 is 10.6 Å². The monoisotopic (exact) mass is 1300 g/mol. The van der Waals surface area contributed by atoms with E-state index in [1.807, 2.05) is 0 Å². The first-order chi connectivity index (χ1) is 41.8. The van der Waals surface area contributed by atoms with Crippen molar-refractivity contribution in [2.24, 2.45) is 0 Å². The topological polar surface area (TPSA) is 217 Å². The van der Waals surface area contributed by atoms with Gasteiger partial charge >= 0.3 is 60.9 Å². The molecule has 4 aromatic rings. The van der Waals surface area contributed by atoms with Crippen molar-refractivity contribution < 1.29 is 119 Å². The summed E-state index contributed by atoms with van der Waals surface area (Å²) < 4.78 is 210. The lowest BCUT2D eigenvalue weighted by atomic mass is 9.90. The number of aryl methyl sites for hydroxylation is 2. The molecular weight excluding hydrogens is 1240 g/mol. The van der Waals surface area contributed by atoms with Gasteiger partial charge in [0.25, 0.3) is 0 Å². The summed E-state index contributed by atoms with van der Waals surface area (Å²) in [5, 5.41) is 25.0. The van der Waals surface area contributed by atoms with E-state index in [9.17, 15) is 100 Å². The number of benzene rings is 4. The minimum absolute atomic E-state index is 0.00892. The number of piperidine rings is 2. The fourth-order valence-electron chi connectivity index (χ4n) is 10.2. The predicted molar refractivity (Wildman–Crippen MR) is 288 cm³/mol. The number of hydrogen-bond donors (Lipinski definition) is 4. The van der Waals surface area contributed by atoms with Crippen molar-refractivity contribution in [1.82, 2.24) is 30.2 Å². The van der Waals surface area contributed by atoms with Crippen LogP contribution in [-0.4, -0.2) is 145 Å². The number of rotatable bonds is 16. The Morgan fingerprint density at radius 3 is 1.11 bits per heavy atom. The van der Waals surface area contributed by atoms with Gasteiger partial charge in [-0.2, -0.15) is 52.7 Å². The number of amides is 6. The molecule has 6 rings (SSSR count). The van der Waals surface area contributed by atoms with Crippen LogP contribution in [0.2, 0.25) is 0 Å². The van der Waals surface area contributed by atoms with Crippen molar-refractivity contribution in [3.05, 3.63) is 140 Å². The molecule has 0 saturated carbocycles. The Hall–Kier alpha value is -8.16. The van der Waals surface area contributed by atoms with E-state index in [0.717, 1.165) is 36.0 Å². The number of alkyl halides is 12. The van der Waals surface area contributed by atoms with Gasteiger partial charge in [-0.25, -0.2) is 28.0 Å². The van der Waals surface area contributed by atoms with Gasteiger partial charge in [0.1, 0.15) is 37.1 Å². The second-order valence-corrected chi connectivity index (χ2v) is 20.9. The minimum atomic E-state index is -5.14. The standard InChI is InChI=1S/2C29H32F7N3O6/c2*1-16-10-21(30)4-5-23(16)24-14-22(45-26(42)37-7-9-44-17(2)41)6-8-39(24)27(43)38(3)25(15-40)18-11-19(28(31,32)33)13-20(12-18)29(34,35)36/h2*4-5,10-13,22,24-25,40H,6-9,14-15H2,1-3H3,(H,37,42)/t22-,24+,25+;22-,24+,25-/m00/s1. The lowest BCUT2D eigenvalue weighted by Crippen LogP contribution is -2.50. The van der Waals surface area contributed by atoms with Crippen LogP contribution in [0.15, 0.2) is 72.8 Å². The molecule has 0 radical (unpaired) electrons. The van der Waals surface area contributed by atoms with Gasteiger partial charge in [-0.05, 0) is 108 Å². The normalized spacial score (nSPS) is 17.8. The zero-order valence-electron chi connectivity index (χ0n) is 48.9. The Kier molecular flexibility index (Phi) is 24.7. The average molecular weight is 1300 g/mol. The van der Waals surface area contributed by atoms with Crippen molar-refractivity contribution in [3.8, 4) is 0 Å². The van der Waals surface area contributed by atoms with E-state index in [2.05, 4.69) is 10.6 Å². The number of aliphatic hydroxyl groups excluding tert-OH is 2. The van der Waals surface area contributed by atoms with Crippen LogP contribution in [0.4, 0.5) is 80.6 Å². The van der Waals surface area contributed by atoms with E-state index in [0.29, 0.717) is 46.5 Å². The molecule has 0 aromatic heterocycles. The molecule has 18 nitrogen and oxygen atoms in total. The van der Waals surface area contributed by atoms with Gasteiger partial charge in [0.15, 0.2) is 0 Å². The molecule has 4 aromatic carbocycles. The summed E-state index contributed by atoms with van der Waals surface area (Å²) >= 11 is 0. The molecule has 2 aliphatic heterocycles. The highest BCUT2D eigenvalue weighted by Crippen LogP contribution is 2.43. The van der Waals surface area contributed by atoms with Crippen LogP contribution in [0.3, 0.4) is 0 Å². The molecular formula is C58H64F14N6O12. The number of ether oxygens (including phenoxy) is 4. The number of likely N-dealkylation sites (tertiary alicyclic amines) is 2. The molecule has 4 N–H and O–H groups in total. The van der Waals surface area contributed by atoms with Gasteiger partial charge in [0, 0.05) is 66.7 Å². The summed E-state index contributed by atoms with van der Waals surface area (Å²) in [6.07, 6.45) is -23.5. The van der Waals surface area contributed by atoms with Crippen LogP contribution in [0.25, 0.3) is 0 Å². The Morgan fingerprint density at radius 2 is 0.844 bits per heavy atom. The maximum absolute atomic E-state index is 13.9. The average Bonchev–Trinajstić information content (AvgIpc) is 1.04. The summed E-state index contributed by atoms with van der Waals surface area (Å²) in [5.74, 6) is -2.20. The number of hydrogen-bond acceptors (Lipinski definition) is 12. The Balaban J connectivity index is 0.000000327. The van der Waals surface area contributed by atoms with Gasteiger partial charge in [-0.1, -0.05) is 12.1 Å². The van der Waals surface area contributed by atoms with E-state index >= 15 is 0 Å². The van der Waals surface area contributed by atoms with Crippen LogP contribution in [0, 0.1) is 25.5 Å². The smallest absolute Gasteiger partial charge is 0.416 e. The molecule has 0 spiro atoms. The largest absolute Gasteiger partial charge is 0.464 e. The molecule has 6 atom stereocenters. The van der Waals surface area contributed by atoms with Crippen LogP contribution in [0.5, 0.6) is 0 Å². The second-order valence-electron chi connectivity index (χ2n) is 20.9. The summed E-state index contributed by atoms with van der Waals surface area (Å²) in [6, 6.07) is 2.62. The molecule has 2 heterocycles. The second kappa shape index (κ2) is 30.6. The maximum atomic E-state index is 13.9. The number of carbonyl (C=O) groups excluding carboxylic acids is 6. The lowest BCUT2D eigenvalue weighted by molar-refractivity contribution is -0.144. The molecule has 0 bridgehead atoms. The van der Waals surface area contributed by atoms with Crippen LogP contribution in [0.1, 0.15) is 119 Å². The third-order valence-corrected chi connectivity index (χ3v) is 14.6. The molecule has 32 heteroatoms. The Labute approximate surface area is 505 Å². The first-order valence-corrected chi connectivity index (χ1v) is 27.4. The number of aliphatic hydroxyl groups is 2. The molecule has 6 amide bonds. The van der Waals surface area contributed by atoms with Crippen LogP contribution >= 0.6 is 0 Å². The van der Waals surface area contributed by atoms with E-state index in [-0.39, 0.29) is 77.2 Å². The Morgan fingerprint density at radius 1 is 0.533 bits per heavy atom. The highest BCUT2D eigenvalue weighted by Gasteiger charge is 2.44. The fourth-order valence-corrected chi connectivity index (χ4v) is 10.2. The molecule has 0 aliphatic carbocycles. The molecule has 90 heavy (non-hydrogen) atoms. The third-order valence-electron chi connectivity index (χ3n) is 14.6. The van der Waals surface area contributed by atoms with Crippen molar-refractivity contribution in [3.63, 3.8) is 0 Å². The van der Waals surface area contributed by atoms with Gasteiger partial charge in [-0.15, -0.1) is 0 Å². The quantitative estimate of drug-likeness (QED) is 0.0357. The molecule has 2 aliphatic rings. The number of esters is 2. The summed E-state index contributed by atoms with van der Waals surface area (Å²) in [6.45, 7) is 3.13. The summed E-state index contributed by atoms with van der Waals surface area (Å²) in [5.41, 5.74) is -5.81. The number of urea groups is 2. The molecule has 2 saturated heterocycles.